The van der Waals surface area contributed by atoms with Crippen molar-refractivity contribution in [2.75, 3.05) is 5.32 Å². The largest absolute Gasteiger partial charge is 0.392 e. The van der Waals surface area contributed by atoms with Crippen LogP contribution in [0.2, 0.25) is 5.02 Å². The molecule has 70 valence electrons. The Kier molecular flexibility index (Phi) is 3.22. The lowest BCUT2D eigenvalue weighted by atomic mass is 10.3. The summed E-state index contributed by atoms with van der Waals surface area (Å²) < 4.78 is 0. The molecule has 1 rings (SSSR count). The van der Waals surface area contributed by atoms with Crippen LogP contribution in [0.4, 0.5) is 5.82 Å². The van der Waals surface area contributed by atoms with Crippen molar-refractivity contribution in [3.8, 4) is 0 Å². The quantitative estimate of drug-likeness (QED) is 0.754. The van der Waals surface area contributed by atoms with Gasteiger partial charge in [0.1, 0.15) is 5.82 Å². The second-order valence-corrected chi connectivity index (χ2v) is 2.91. The van der Waals surface area contributed by atoms with Crippen LogP contribution in [0.1, 0.15) is 12.5 Å². The molecule has 0 aliphatic heterocycles. The van der Waals surface area contributed by atoms with Crippen LogP contribution in [0.3, 0.4) is 0 Å². The molecule has 0 unspecified atom stereocenters. The van der Waals surface area contributed by atoms with Crippen molar-refractivity contribution in [2.45, 2.75) is 13.5 Å². The molecule has 2 N–H and O–H groups in total. The Bertz CT molecular complexity index is 328. The lowest BCUT2D eigenvalue weighted by Crippen LogP contribution is -2.07. The maximum atomic E-state index is 10.6. The topological polar surface area (TPSA) is 62.2 Å². The summed E-state index contributed by atoms with van der Waals surface area (Å²) in [6.07, 6.45) is 1.42. The molecule has 1 amide bonds. The lowest BCUT2D eigenvalue weighted by molar-refractivity contribution is -0.114. The minimum Gasteiger partial charge on any atom is -0.392 e. The highest BCUT2D eigenvalue weighted by molar-refractivity contribution is 6.31. The van der Waals surface area contributed by atoms with Crippen molar-refractivity contribution in [1.82, 2.24) is 4.98 Å². The normalized spacial score (nSPS) is 9.77. The Morgan fingerprint density at radius 3 is 2.92 bits per heavy atom. The maximum absolute atomic E-state index is 10.6. The molecule has 1 aromatic heterocycles. The molecule has 0 bridgehead atoms. The average Bonchev–Trinajstić information content (AvgIpc) is 2.03. The molecule has 5 heteroatoms. The minimum absolute atomic E-state index is 0.161. The molecule has 1 heterocycles. The fraction of sp³-hybridized carbons (Fsp3) is 0.250. The summed E-state index contributed by atoms with van der Waals surface area (Å²) in [7, 11) is 0. The molecule has 0 saturated carbocycles. The Hall–Kier alpha value is -1.13. The van der Waals surface area contributed by atoms with Crippen LogP contribution in [0.25, 0.3) is 0 Å². The molecule has 4 nitrogen and oxygen atoms in total. The fourth-order valence-electron chi connectivity index (χ4n) is 0.824. The third-order valence-corrected chi connectivity index (χ3v) is 1.76. The monoisotopic (exact) mass is 200 g/mol. The van der Waals surface area contributed by atoms with Crippen LogP contribution < -0.4 is 5.32 Å². The number of hydrogen-bond donors (Lipinski definition) is 2. The number of carbonyl (C=O) groups excluding carboxylic acids is 1. The standard InChI is InChI=1S/C8H9ClN2O2/c1-5(13)11-8-2-7(9)6(4-12)3-10-8/h2-3,12H,4H2,1H3,(H,10,11,13). The molecule has 0 fully saturated rings. The average molecular weight is 201 g/mol. The van der Waals surface area contributed by atoms with Crippen molar-refractivity contribution in [3.63, 3.8) is 0 Å². The molecule has 0 aliphatic rings. The van der Waals surface area contributed by atoms with Gasteiger partial charge in [0.25, 0.3) is 0 Å². The first-order valence-electron chi connectivity index (χ1n) is 3.66. The number of rotatable bonds is 2. The van der Waals surface area contributed by atoms with E-state index < -0.39 is 0 Å². The number of halogens is 1. The number of nitrogens with zero attached hydrogens (tertiary/aromatic N) is 1. The second-order valence-electron chi connectivity index (χ2n) is 2.50. The number of aliphatic hydroxyl groups is 1. The van der Waals surface area contributed by atoms with Crippen molar-refractivity contribution in [1.29, 1.82) is 0 Å². The van der Waals surface area contributed by atoms with E-state index in [-0.39, 0.29) is 12.5 Å². The molecular weight excluding hydrogens is 192 g/mol. The van der Waals surface area contributed by atoms with E-state index in [1.165, 1.54) is 19.2 Å². The molecule has 1 aromatic rings. The highest BCUT2D eigenvalue weighted by Gasteiger charge is 2.02. The summed E-state index contributed by atoms with van der Waals surface area (Å²) in [5.41, 5.74) is 0.538. The first-order valence-corrected chi connectivity index (χ1v) is 4.04. The van der Waals surface area contributed by atoms with Gasteiger partial charge in [-0.15, -0.1) is 0 Å². The van der Waals surface area contributed by atoms with Crippen LogP contribution in [0.15, 0.2) is 12.3 Å². The van der Waals surface area contributed by atoms with Crippen LogP contribution in [0.5, 0.6) is 0 Å². The molecule has 0 aromatic carbocycles. The predicted molar refractivity (Wildman–Crippen MR) is 49.5 cm³/mol. The summed E-state index contributed by atoms with van der Waals surface area (Å²) in [5, 5.41) is 11.7. The summed E-state index contributed by atoms with van der Waals surface area (Å²) in [6.45, 7) is 1.22. The third-order valence-electron chi connectivity index (χ3n) is 1.40. The molecular formula is C8H9ClN2O2. The molecule has 0 saturated heterocycles. The van der Waals surface area contributed by atoms with Crippen molar-refractivity contribution < 1.29 is 9.90 Å². The number of carbonyl (C=O) groups is 1. The zero-order valence-electron chi connectivity index (χ0n) is 7.04. The van der Waals surface area contributed by atoms with E-state index >= 15 is 0 Å². The molecule has 0 spiro atoms. The van der Waals surface area contributed by atoms with Gasteiger partial charge in [-0.2, -0.15) is 0 Å². The SMILES string of the molecule is CC(=O)Nc1cc(Cl)c(CO)cn1. The van der Waals surface area contributed by atoms with Crippen LogP contribution >= 0.6 is 11.6 Å². The highest BCUT2D eigenvalue weighted by Crippen LogP contribution is 2.18. The van der Waals surface area contributed by atoms with Gasteiger partial charge < -0.3 is 10.4 Å². The van der Waals surface area contributed by atoms with Crippen molar-refractivity contribution in [3.05, 3.63) is 22.8 Å². The first-order chi connectivity index (χ1) is 6.13. The number of aliphatic hydroxyl groups excluding tert-OH is 1. The number of anilines is 1. The Morgan fingerprint density at radius 1 is 1.77 bits per heavy atom. The van der Waals surface area contributed by atoms with Crippen LogP contribution in [0, 0.1) is 0 Å². The Morgan fingerprint density at radius 2 is 2.46 bits per heavy atom. The summed E-state index contributed by atoms with van der Waals surface area (Å²) in [5.74, 6) is 0.176. The van der Waals surface area contributed by atoms with Crippen LogP contribution in [-0.2, 0) is 11.4 Å². The summed E-state index contributed by atoms with van der Waals surface area (Å²) in [4.78, 5) is 14.5. The maximum Gasteiger partial charge on any atom is 0.222 e. The van der Waals surface area contributed by atoms with Gasteiger partial charge in [-0.25, -0.2) is 4.98 Å². The van der Waals surface area contributed by atoms with E-state index in [2.05, 4.69) is 10.3 Å². The van der Waals surface area contributed by atoms with Gasteiger partial charge in [0.15, 0.2) is 0 Å². The lowest BCUT2D eigenvalue weighted by Gasteiger charge is -2.03. The zero-order valence-corrected chi connectivity index (χ0v) is 7.80. The van der Waals surface area contributed by atoms with Crippen LogP contribution in [-0.4, -0.2) is 16.0 Å². The molecule has 13 heavy (non-hydrogen) atoms. The van der Waals surface area contributed by atoms with E-state index in [0.29, 0.717) is 16.4 Å². The molecule has 0 radical (unpaired) electrons. The summed E-state index contributed by atoms with van der Waals surface area (Å²) in [6, 6.07) is 1.49. The van der Waals surface area contributed by atoms with Gasteiger partial charge in [-0.1, -0.05) is 11.6 Å². The number of pyridine rings is 1. The molecule has 0 atom stereocenters. The zero-order chi connectivity index (χ0) is 9.84. The van der Waals surface area contributed by atoms with E-state index in [0.717, 1.165) is 0 Å². The Balaban J connectivity index is 2.89. The van der Waals surface area contributed by atoms with E-state index in [1.807, 2.05) is 0 Å². The highest BCUT2D eigenvalue weighted by atomic mass is 35.5. The number of hydrogen-bond acceptors (Lipinski definition) is 3. The van der Waals surface area contributed by atoms with Gasteiger partial charge in [0.2, 0.25) is 5.91 Å². The van der Waals surface area contributed by atoms with Gasteiger partial charge in [-0.3, -0.25) is 4.79 Å². The first kappa shape index (κ1) is 9.95. The Labute approximate surface area is 80.6 Å². The van der Waals surface area contributed by atoms with Crippen molar-refractivity contribution >= 4 is 23.3 Å². The third kappa shape index (κ3) is 2.68. The smallest absolute Gasteiger partial charge is 0.222 e. The van der Waals surface area contributed by atoms with E-state index in [9.17, 15) is 4.79 Å². The minimum atomic E-state index is -0.208. The van der Waals surface area contributed by atoms with Crippen molar-refractivity contribution in [2.24, 2.45) is 0 Å². The number of amides is 1. The summed E-state index contributed by atoms with van der Waals surface area (Å²) >= 11 is 5.76. The van der Waals surface area contributed by atoms with Gasteiger partial charge in [0, 0.05) is 18.7 Å². The van der Waals surface area contributed by atoms with Gasteiger partial charge in [-0.05, 0) is 6.07 Å². The van der Waals surface area contributed by atoms with Gasteiger partial charge in [0.05, 0.1) is 11.6 Å². The van der Waals surface area contributed by atoms with Gasteiger partial charge >= 0.3 is 0 Å². The predicted octanol–water partition coefficient (Wildman–Crippen LogP) is 1.19. The van der Waals surface area contributed by atoms with E-state index in [4.69, 9.17) is 16.7 Å². The van der Waals surface area contributed by atoms with E-state index in [1.54, 1.807) is 0 Å². The second kappa shape index (κ2) is 4.20. The number of nitrogens with one attached hydrogen (secondary N) is 1. The number of aromatic nitrogens is 1. The fourth-order valence-corrected chi connectivity index (χ4v) is 1.04. The molecule has 0 aliphatic carbocycles.